The first kappa shape index (κ1) is 19.8. The van der Waals surface area contributed by atoms with Crippen molar-refractivity contribution in [2.24, 2.45) is 11.3 Å². The van der Waals surface area contributed by atoms with Gasteiger partial charge in [-0.2, -0.15) is 5.26 Å². The molecule has 0 unspecified atom stereocenters. The van der Waals surface area contributed by atoms with Crippen LogP contribution >= 0.6 is 23.2 Å². The van der Waals surface area contributed by atoms with Crippen molar-refractivity contribution >= 4 is 34.9 Å². The highest BCUT2D eigenvalue weighted by atomic mass is 35.5. The first-order chi connectivity index (χ1) is 13.5. The fourth-order valence-corrected chi connectivity index (χ4v) is 5.82. The number of amides is 1. The summed E-state index contributed by atoms with van der Waals surface area (Å²) in [6.45, 7) is 2.39. The smallest absolute Gasteiger partial charge is 0.230 e. The Balaban J connectivity index is 1.45. The van der Waals surface area contributed by atoms with Gasteiger partial charge in [0.1, 0.15) is 5.82 Å². The van der Waals surface area contributed by atoms with Gasteiger partial charge in [0.2, 0.25) is 5.91 Å². The van der Waals surface area contributed by atoms with Gasteiger partial charge in [0.25, 0.3) is 0 Å². The van der Waals surface area contributed by atoms with Gasteiger partial charge < -0.3 is 9.80 Å². The molecule has 0 N–H and O–H groups in total. The molecule has 1 saturated carbocycles. The number of piperidine rings is 1. The summed E-state index contributed by atoms with van der Waals surface area (Å²) in [6, 6.07) is 4.35. The highest BCUT2D eigenvalue weighted by Gasteiger charge is 2.51. The molecule has 0 bridgehead atoms. The fraction of sp³-hybridized carbons (Fsp3) is 0.667. The third-order valence-electron chi connectivity index (χ3n) is 6.85. The second-order valence-corrected chi connectivity index (χ2v) is 9.39. The van der Waals surface area contributed by atoms with Crippen molar-refractivity contribution in [2.45, 2.75) is 57.4 Å². The molecule has 3 aliphatic rings. The molecular formula is C21H26Cl2N4O. The normalized spacial score (nSPS) is 30.7. The van der Waals surface area contributed by atoms with E-state index in [1.165, 1.54) is 0 Å². The number of nitriles is 1. The number of carbonyl (C=O) groups excluding carboxylic acids is 1. The minimum atomic E-state index is -0.313. The molecule has 0 radical (unpaired) electrons. The molecule has 150 valence electrons. The van der Waals surface area contributed by atoms with E-state index in [4.69, 9.17) is 28.5 Å². The van der Waals surface area contributed by atoms with Gasteiger partial charge in [-0.15, -0.1) is 0 Å². The third kappa shape index (κ3) is 3.69. The van der Waals surface area contributed by atoms with Gasteiger partial charge in [0.15, 0.2) is 0 Å². The van der Waals surface area contributed by atoms with Crippen LogP contribution in [0.4, 0.5) is 5.82 Å². The van der Waals surface area contributed by atoms with E-state index in [0.717, 1.165) is 63.9 Å². The zero-order valence-electron chi connectivity index (χ0n) is 16.0. The van der Waals surface area contributed by atoms with Crippen LogP contribution in [0.25, 0.3) is 0 Å². The van der Waals surface area contributed by atoms with Crippen LogP contribution < -0.4 is 4.90 Å². The van der Waals surface area contributed by atoms with E-state index in [2.05, 4.69) is 20.9 Å². The first-order valence-corrected chi connectivity index (χ1v) is 11.0. The summed E-state index contributed by atoms with van der Waals surface area (Å²) in [7, 11) is 0. The van der Waals surface area contributed by atoms with Gasteiger partial charge in [-0.3, -0.25) is 4.79 Å². The molecule has 2 saturated heterocycles. The summed E-state index contributed by atoms with van der Waals surface area (Å²) >= 11 is 12.4. The number of aromatic nitrogens is 1. The van der Waals surface area contributed by atoms with Crippen LogP contribution in [0, 0.1) is 22.7 Å². The van der Waals surface area contributed by atoms with Crippen LogP contribution in [-0.2, 0) is 4.79 Å². The summed E-state index contributed by atoms with van der Waals surface area (Å²) in [5.41, 5.74) is -0.313. The van der Waals surface area contributed by atoms with Crippen molar-refractivity contribution < 1.29 is 4.79 Å². The number of hydrogen-bond donors (Lipinski definition) is 0. The minimum Gasteiger partial charge on any atom is -0.354 e. The molecule has 5 nitrogen and oxygen atoms in total. The molecule has 1 spiro atoms. The van der Waals surface area contributed by atoms with Crippen molar-refractivity contribution in [3.8, 4) is 6.07 Å². The molecule has 1 aromatic heterocycles. The summed E-state index contributed by atoms with van der Waals surface area (Å²) in [5, 5.41) is 9.98. The molecule has 0 aromatic carbocycles. The SMILES string of the molecule is N#CC[C@H]1CC[C@H](N2CC[C@@]3(CCCN(c4ncc(Cl)cc4Cl)C3)C2=O)CC1. The number of hydrogen-bond acceptors (Lipinski definition) is 4. The van der Waals surface area contributed by atoms with Crippen molar-refractivity contribution in [3.05, 3.63) is 22.3 Å². The molecule has 3 heterocycles. The average molecular weight is 421 g/mol. The van der Waals surface area contributed by atoms with Gasteiger partial charge in [-0.25, -0.2) is 4.98 Å². The summed E-state index contributed by atoms with van der Waals surface area (Å²) in [6.07, 6.45) is 9.26. The van der Waals surface area contributed by atoms with Crippen LogP contribution in [0.3, 0.4) is 0 Å². The van der Waals surface area contributed by atoms with E-state index in [9.17, 15) is 4.79 Å². The van der Waals surface area contributed by atoms with Crippen molar-refractivity contribution in [1.82, 2.24) is 9.88 Å². The lowest BCUT2D eigenvalue weighted by molar-refractivity contribution is -0.139. The molecule has 28 heavy (non-hydrogen) atoms. The summed E-state index contributed by atoms with van der Waals surface area (Å²) in [4.78, 5) is 22.2. The number of pyridine rings is 1. The number of halogens is 2. The van der Waals surface area contributed by atoms with Crippen molar-refractivity contribution in [3.63, 3.8) is 0 Å². The first-order valence-electron chi connectivity index (χ1n) is 10.3. The lowest BCUT2D eigenvalue weighted by atomic mass is 9.78. The van der Waals surface area contributed by atoms with Crippen molar-refractivity contribution in [2.75, 3.05) is 24.5 Å². The lowest BCUT2D eigenvalue weighted by Gasteiger charge is -2.41. The Bertz CT molecular complexity index is 787. The Morgan fingerprint density at radius 3 is 2.71 bits per heavy atom. The van der Waals surface area contributed by atoms with Crippen LogP contribution in [0.1, 0.15) is 51.4 Å². The van der Waals surface area contributed by atoms with Gasteiger partial charge in [0, 0.05) is 38.3 Å². The number of likely N-dealkylation sites (tertiary alicyclic amines) is 1. The molecular weight excluding hydrogens is 395 g/mol. The number of anilines is 1. The molecule has 1 amide bonds. The Hall–Kier alpha value is -1.51. The molecule has 2 aliphatic heterocycles. The Kier molecular flexibility index (Phi) is 5.71. The topological polar surface area (TPSA) is 60.2 Å². The number of carbonyl (C=O) groups is 1. The maximum Gasteiger partial charge on any atom is 0.230 e. The maximum absolute atomic E-state index is 13.5. The Morgan fingerprint density at radius 2 is 2.00 bits per heavy atom. The predicted octanol–water partition coefficient (Wildman–Crippen LogP) is 4.68. The number of rotatable bonds is 3. The third-order valence-corrected chi connectivity index (χ3v) is 7.33. The van der Waals surface area contributed by atoms with Crippen LogP contribution in [0.5, 0.6) is 0 Å². The molecule has 1 aromatic rings. The van der Waals surface area contributed by atoms with E-state index in [-0.39, 0.29) is 5.41 Å². The second kappa shape index (κ2) is 8.08. The van der Waals surface area contributed by atoms with Crippen LogP contribution in [0.2, 0.25) is 10.0 Å². The molecule has 4 rings (SSSR count). The second-order valence-electron chi connectivity index (χ2n) is 8.55. The maximum atomic E-state index is 13.5. The van der Waals surface area contributed by atoms with E-state index in [1.807, 2.05) is 0 Å². The highest BCUT2D eigenvalue weighted by Crippen LogP contribution is 2.44. The van der Waals surface area contributed by atoms with Gasteiger partial charge in [-0.1, -0.05) is 23.2 Å². The molecule has 1 aliphatic carbocycles. The molecule has 7 heteroatoms. The van der Waals surface area contributed by atoms with E-state index < -0.39 is 0 Å². The van der Waals surface area contributed by atoms with E-state index in [0.29, 0.717) is 40.9 Å². The zero-order chi connectivity index (χ0) is 19.7. The van der Waals surface area contributed by atoms with E-state index >= 15 is 0 Å². The van der Waals surface area contributed by atoms with Crippen molar-refractivity contribution in [1.29, 1.82) is 5.26 Å². The molecule has 3 fully saturated rings. The minimum absolute atomic E-state index is 0.311. The van der Waals surface area contributed by atoms with Crippen LogP contribution in [0.15, 0.2) is 12.3 Å². The van der Waals surface area contributed by atoms with E-state index in [1.54, 1.807) is 12.3 Å². The monoisotopic (exact) mass is 420 g/mol. The summed E-state index contributed by atoms with van der Waals surface area (Å²) < 4.78 is 0. The van der Waals surface area contributed by atoms with Gasteiger partial charge in [-0.05, 0) is 56.9 Å². The highest BCUT2D eigenvalue weighted by molar-refractivity contribution is 6.36. The zero-order valence-corrected chi connectivity index (χ0v) is 17.6. The average Bonchev–Trinajstić information content (AvgIpc) is 2.99. The summed E-state index contributed by atoms with van der Waals surface area (Å²) in [5.74, 6) is 1.55. The lowest BCUT2D eigenvalue weighted by Crippen LogP contribution is -2.50. The predicted molar refractivity (Wildman–Crippen MR) is 110 cm³/mol. The standard InChI is InChI=1S/C21H26Cl2N4O/c22-16-12-18(23)19(25-13-16)26-10-1-7-21(14-26)8-11-27(20(21)28)17-4-2-15(3-5-17)6-9-24/h12-13,15,17H,1-8,10-11,14H2/t15-,17-,21-/m1/s1. The largest absolute Gasteiger partial charge is 0.354 e. The number of nitrogens with zero attached hydrogens (tertiary/aromatic N) is 4. The quantitative estimate of drug-likeness (QED) is 0.711. The fourth-order valence-electron chi connectivity index (χ4n) is 5.32. The molecule has 1 atom stereocenters. The van der Waals surface area contributed by atoms with Gasteiger partial charge >= 0.3 is 0 Å². The van der Waals surface area contributed by atoms with Gasteiger partial charge in [0.05, 0.1) is 21.5 Å². The Labute approximate surface area is 176 Å². The Morgan fingerprint density at radius 1 is 1.21 bits per heavy atom. The van der Waals surface area contributed by atoms with Crippen LogP contribution in [-0.4, -0.2) is 41.5 Å².